The lowest BCUT2D eigenvalue weighted by molar-refractivity contribution is 0.0666. The van der Waals surface area contributed by atoms with Crippen molar-refractivity contribution in [2.75, 3.05) is 13.1 Å². The minimum absolute atomic E-state index is 0. The Bertz CT molecular complexity index is 638. The maximum atomic E-state index is 12.8. The Hall–Kier alpha value is -1.58. The van der Waals surface area contributed by atoms with Crippen molar-refractivity contribution in [2.24, 2.45) is 11.7 Å². The number of benzene rings is 2. The first kappa shape index (κ1) is 15.8. The minimum atomic E-state index is 0. The zero-order chi connectivity index (χ0) is 14.1. The second kappa shape index (κ2) is 6.46. The summed E-state index contributed by atoms with van der Waals surface area (Å²) in [6.07, 6.45) is 0.887. The van der Waals surface area contributed by atoms with E-state index in [4.69, 9.17) is 5.73 Å². The first-order valence-corrected chi connectivity index (χ1v) is 7.19. The predicted octanol–water partition coefficient (Wildman–Crippen LogP) is 3.07. The molecule has 1 fully saturated rings. The van der Waals surface area contributed by atoms with Crippen molar-refractivity contribution in [3.8, 4) is 0 Å². The summed E-state index contributed by atoms with van der Waals surface area (Å²) in [5.74, 6) is 0.489. The van der Waals surface area contributed by atoms with Crippen LogP contribution in [0.3, 0.4) is 0 Å². The van der Waals surface area contributed by atoms with Crippen LogP contribution in [0.5, 0.6) is 0 Å². The first-order valence-electron chi connectivity index (χ1n) is 7.19. The summed E-state index contributed by atoms with van der Waals surface area (Å²) >= 11 is 0. The van der Waals surface area contributed by atoms with E-state index >= 15 is 0 Å². The normalized spacial score (nSPS) is 21.9. The molecule has 1 aliphatic rings. The number of nitrogens with two attached hydrogens (primary N) is 1. The van der Waals surface area contributed by atoms with Gasteiger partial charge in [0.15, 0.2) is 0 Å². The quantitative estimate of drug-likeness (QED) is 0.880. The lowest BCUT2D eigenvalue weighted by Gasteiger charge is -2.35. The highest BCUT2D eigenvalue weighted by Gasteiger charge is 2.27. The third-order valence-corrected chi connectivity index (χ3v) is 4.28. The van der Waals surface area contributed by atoms with E-state index in [9.17, 15) is 4.79 Å². The van der Waals surface area contributed by atoms with E-state index in [0.717, 1.165) is 35.8 Å². The van der Waals surface area contributed by atoms with Gasteiger partial charge in [-0.3, -0.25) is 4.79 Å². The molecule has 2 aromatic rings. The molecule has 3 nitrogen and oxygen atoms in total. The highest BCUT2D eigenvalue weighted by molar-refractivity contribution is 6.07. The van der Waals surface area contributed by atoms with E-state index in [1.54, 1.807) is 0 Å². The van der Waals surface area contributed by atoms with Gasteiger partial charge in [0.2, 0.25) is 0 Å². The molecular weight excluding hydrogens is 284 g/mol. The van der Waals surface area contributed by atoms with Gasteiger partial charge in [-0.25, -0.2) is 0 Å². The molecule has 0 aromatic heterocycles. The van der Waals surface area contributed by atoms with Crippen LogP contribution in [0, 0.1) is 5.92 Å². The Kier molecular flexibility index (Phi) is 4.86. The smallest absolute Gasteiger partial charge is 0.254 e. The molecular formula is C17H21ClN2O. The molecule has 1 heterocycles. The number of rotatable bonds is 1. The number of likely N-dealkylation sites (tertiary alicyclic amines) is 1. The molecule has 21 heavy (non-hydrogen) atoms. The molecule has 2 unspecified atom stereocenters. The molecule has 4 heteroatoms. The molecule has 0 radical (unpaired) electrons. The summed E-state index contributed by atoms with van der Waals surface area (Å²) < 4.78 is 0. The molecule has 2 aromatic carbocycles. The summed E-state index contributed by atoms with van der Waals surface area (Å²) in [5.41, 5.74) is 6.83. The lowest BCUT2D eigenvalue weighted by atomic mass is 9.94. The van der Waals surface area contributed by atoms with Crippen molar-refractivity contribution in [1.29, 1.82) is 0 Å². The molecule has 2 atom stereocenters. The lowest BCUT2D eigenvalue weighted by Crippen LogP contribution is -2.48. The number of piperidine rings is 1. The van der Waals surface area contributed by atoms with E-state index in [1.165, 1.54) is 0 Å². The molecule has 3 rings (SSSR count). The average molecular weight is 305 g/mol. The van der Waals surface area contributed by atoms with Crippen molar-refractivity contribution >= 4 is 29.1 Å². The number of nitrogens with zero attached hydrogens (tertiary/aromatic N) is 1. The van der Waals surface area contributed by atoms with Gasteiger partial charge in [-0.1, -0.05) is 43.3 Å². The van der Waals surface area contributed by atoms with Crippen LogP contribution in [0.1, 0.15) is 23.7 Å². The highest BCUT2D eigenvalue weighted by Crippen LogP contribution is 2.22. The van der Waals surface area contributed by atoms with Crippen molar-refractivity contribution in [2.45, 2.75) is 19.4 Å². The zero-order valence-electron chi connectivity index (χ0n) is 12.2. The predicted molar refractivity (Wildman–Crippen MR) is 88.9 cm³/mol. The number of hydrogen-bond donors (Lipinski definition) is 1. The molecule has 2 N–H and O–H groups in total. The summed E-state index contributed by atoms with van der Waals surface area (Å²) in [6, 6.07) is 14.2. The van der Waals surface area contributed by atoms with Crippen LogP contribution >= 0.6 is 12.4 Å². The highest BCUT2D eigenvalue weighted by atomic mass is 35.5. The van der Waals surface area contributed by atoms with Crippen LogP contribution < -0.4 is 5.73 Å². The van der Waals surface area contributed by atoms with Gasteiger partial charge in [-0.2, -0.15) is 0 Å². The zero-order valence-corrected chi connectivity index (χ0v) is 13.0. The maximum Gasteiger partial charge on any atom is 0.254 e. The Labute approximate surface area is 131 Å². The number of amides is 1. The summed E-state index contributed by atoms with van der Waals surface area (Å²) in [7, 11) is 0. The van der Waals surface area contributed by atoms with Gasteiger partial charge >= 0.3 is 0 Å². The van der Waals surface area contributed by atoms with Gasteiger partial charge in [0.1, 0.15) is 0 Å². The molecule has 0 saturated carbocycles. The van der Waals surface area contributed by atoms with Gasteiger partial charge in [-0.15, -0.1) is 12.4 Å². The molecule has 0 spiro atoms. The standard InChI is InChI=1S/C17H20N2O.ClH/c1-12-11-19(10-9-16(12)18)17(20)15-8-4-6-13-5-2-3-7-14(13)15;/h2-8,12,16H,9-11,18H2,1H3;1H. The Morgan fingerprint density at radius 2 is 1.90 bits per heavy atom. The summed E-state index contributed by atoms with van der Waals surface area (Å²) in [6.45, 7) is 3.63. The monoisotopic (exact) mass is 304 g/mol. The van der Waals surface area contributed by atoms with Gasteiger partial charge < -0.3 is 10.6 Å². The first-order chi connectivity index (χ1) is 9.66. The third kappa shape index (κ3) is 3.04. The van der Waals surface area contributed by atoms with E-state index in [-0.39, 0.29) is 24.4 Å². The largest absolute Gasteiger partial charge is 0.338 e. The SMILES string of the molecule is CC1CN(C(=O)c2cccc3ccccc23)CCC1N.Cl. The number of fused-ring (bicyclic) bond motifs is 1. The Morgan fingerprint density at radius 3 is 2.67 bits per heavy atom. The van der Waals surface area contributed by atoms with Gasteiger partial charge in [0.05, 0.1) is 0 Å². The van der Waals surface area contributed by atoms with E-state index in [0.29, 0.717) is 5.92 Å². The van der Waals surface area contributed by atoms with Crippen LogP contribution in [-0.4, -0.2) is 29.9 Å². The maximum absolute atomic E-state index is 12.8. The fourth-order valence-corrected chi connectivity index (χ4v) is 2.93. The topological polar surface area (TPSA) is 46.3 Å². The van der Waals surface area contributed by atoms with E-state index < -0.39 is 0 Å². The van der Waals surface area contributed by atoms with Gasteiger partial charge in [-0.05, 0) is 29.2 Å². The number of carbonyl (C=O) groups is 1. The van der Waals surface area contributed by atoms with Crippen LogP contribution in [0.15, 0.2) is 42.5 Å². The van der Waals surface area contributed by atoms with Crippen molar-refractivity contribution in [3.05, 3.63) is 48.0 Å². The molecule has 1 aliphatic heterocycles. The van der Waals surface area contributed by atoms with Crippen molar-refractivity contribution < 1.29 is 4.79 Å². The van der Waals surface area contributed by atoms with Crippen LogP contribution in [0.25, 0.3) is 10.8 Å². The number of halogens is 1. The number of hydrogen-bond acceptors (Lipinski definition) is 2. The fourth-order valence-electron chi connectivity index (χ4n) is 2.93. The van der Waals surface area contributed by atoms with Gasteiger partial charge in [0, 0.05) is 24.7 Å². The van der Waals surface area contributed by atoms with E-state index in [2.05, 4.69) is 6.92 Å². The van der Waals surface area contributed by atoms with Gasteiger partial charge in [0.25, 0.3) is 5.91 Å². The minimum Gasteiger partial charge on any atom is -0.338 e. The second-order valence-electron chi connectivity index (χ2n) is 5.71. The molecule has 0 aliphatic carbocycles. The average Bonchev–Trinajstić information content (AvgIpc) is 2.49. The Balaban J connectivity index is 0.00000161. The van der Waals surface area contributed by atoms with Crippen LogP contribution in [0.2, 0.25) is 0 Å². The van der Waals surface area contributed by atoms with Crippen LogP contribution in [0.4, 0.5) is 0 Å². The molecule has 1 amide bonds. The molecule has 0 bridgehead atoms. The van der Waals surface area contributed by atoms with Crippen LogP contribution in [-0.2, 0) is 0 Å². The fraction of sp³-hybridized carbons (Fsp3) is 0.353. The van der Waals surface area contributed by atoms with Crippen molar-refractivity contribution in [3.63, 3.8) is 0 Å². The summed E-state index contributed by atoms with van der Waals surface area (Å²) in [4.78, 5) is 14.7. The summed E-state index contributed by atoms with van der Waals surface area (Å²) in [5, 5.41) is 2.14. The van der Waals surface area contributed by atoms with Crippen molar-refractivity contribution in [1.82, 2.24) is 4.90 Å². The van der Waals surface area contributed by atoms with E-state index in [1.807, 2.05) is 47.4 Å². The third-order valence-electron chi connectivity index (χ3n) is 4.28. The molecule has 112 valence electrons. The molecule has 1 saturated heterocycles. The Morgan fingerprint density at radius 1 is 1.19 bits per heavy atom. The number of carbonyl (C=O) groups excluding carboxylic acids is 1. The second-order valence-corrected chi connectivity index (χ2v) is 5.71.